The van der Waals surface area contributed by atoms with E-state index in [-0.39, 0.29) is 6.04 Å². The van der Waals surface area contributed by atoms with Crippen LogP contribution in [0.4, 0.5) is 0 Å². The van der Waals surface area contributed by atoms with Gasteiger partial charge in [0, 0.05) is 12.1 Å². The van der Waals surface area contributed by atoms with Crippen molar-refractivity contribution >= 4 is 0 Å². The number of hydrogen-bond donors (Lipinski definition) is 1. The third kappa shape index (κ3) is 0.572. The Labute approximate surface area is 60.4 Å². The second kappa shape index (κ2) is 1.86. The lowest BCUT2D eigenvalue weighted by atomic mass is 9.97. The number of rotatable bonds is 0. The van der Waals surface area contributed by atoms with Crippen molar-refractivity contribution in [1.29, 1.82) is 5.26 Å². The SMILES string of the molecule is N#CN1C2CC[C@@H]1C(N)C2. The molecule has 0 aromatic carbocycles. The molecular weight excluding hydrogens is 126 g/mol. The molecule has 0 spiro atoms. The van der Waals surface area contributed by atoms with E-state index in [1.165, 1.54) is 6.42 Å². The van der Waals surface area contributed by atoms with Crippen LogP contribution in [0.15, 0.2) is 0 Å². The fraction of sp³-hybridized carbons (Fsp3) is 0.857. The monoisotopic (exact) mass is 137 g/mol. The van der Waals surface area contributed by atoms with Gasteiger partial charge in [-0.05, 0) is 19.3 Å². The van der Waals surface area contributed by atoms with E-state index in [1.807, 2.05) is 4.90 Å². The molecule has 2 unspecified atom stereocenters. The maximum absolute atomic E-state index is 8.68. The lowest BCUT2D eigenvalue weighted by molar-refractivity contribution is 0.364. The molecule has 2 saturated heterocycles. The molecule has 2 rings (SSSR count). The topological polar surface area (TPSA) is 53.0 Å². The number of hydrogen-bond acceptors (Lipinski definition) is 3. The second-order valence-corrected chi connectivity index (χ2v) is 3.21. The van der Waals surface area contributed by atoms with Gasteiger partial charge in [0.15, 0.2) is 6.19 Å². The Morgan fingerprint density at radius 1 is 1.50 bits per heavy atom. The van der Waals surface area contributed by atoms with Gasteiger partial charge in [-0.3, -0.25) is 0 Å². The zero-order chi connectivity index (χ0) is 7.14. The molecule has 0 aromatic rings. The fourth-order valence-electron chi connectivity index (χ4n) is 2.19. The van der Waals surface area contributed by atoms with Gasteiger partial charge in [0.1, 0.15) is 0 Å². The summed E-state index contributed by atoms with van der Waals surface area (Å²) in [6.07, 6.45) is 5.53. The van der Waals surface area contributed by atoms with Crippen LogP contribution in [0.1, 0.15) is 19.3 Å². The fourth-order valence-corrected chi connectivity index (χ4v) is 2.19. The highest BCUT2D eigenvalue weighted by atomic mass is 15.2. The van der Waals surface area contributed by atoms with Crippen molar-refractivity contribution in [3.63, 3.8) is 0 Å². The summed E-state index contributed by atoms with van der Waals surface area (Å²) in [5.74, 6) is 0. The van der Waals surface area contributed by atoms with Crippen LogP contribution in [0.25, 0.3) is 0 Å². The summed E-state index contributed by atoms with van der Waals surface area (Å²) in [5.41, 5.74) is 5.79. The molecule has 2 aliphatic rings. The van der Waals surface area contributed by atoms with Crippen LogP contribution in [0.5, 0.6) is 0 Å². The molecule has 0 aliphatic carbocycles. The largest absolute Gasteiger partial charge is 0.326 e. The number of fused-ring (bicyclic) bond motifs is 2. The van der Waals surface area contributed by atoms with Crippen molar-refractivity contribution in [2.75, 3.05) is 0 Å². The normalized spacial score (nSPS) is 44.0. The lowest BCUT2D eigenvalue weighted by Gasteiger charge is -2.15. The van der Waals surface area contributed by atoms with Gasteiger partial charge in [-0.25, -0.2) is 0 Å². The highest BCUT2D eigenvalue weighted by Crippen LogP contribution is 2.35. The highest BCUT2D eigenvalue weighted by molar-refractivity contribution is 5.06. The minimum atomic E-state index is 0.262. The Morgan fingerprint density at radius 2 is 2.30 bits per heavy atom. The third-order valence-electron chi connectivity index (χ3n) is 2.70. The van der Waals surface area contributed by atoms with Gasteiger partial charge in [0.25, 0.3) is 0 Å². The summed E-state index contributed by atoms with van der Waals surface area (Å²) in [4.78, 5) is 1.88. The first-order chi connectivity index (χ1) is 4.83. The van der Waals surface area contributed by atoms with Crippen molar-refractivity contribution in [3.05, 3.63) is 0 Å². The van der Waals surface area contributed by atoms with E-state index in [0.717, 1.165) is 12.8 Å². The standard InChI is InChI=1S/C7H11N3/c8-4-10-5-1-2-7(10)6(9)3-5/h5-7H,1-3,9H2/t5?,6?,7-/m1/s1. The average Bonchev–Trinajstić information content (AvgIpc) is 2.42. The molecule has 2 N–H and O–H groups in total. The summed E-state index contributed by atoms with van der Waals surface area (Å²) in [7, 11) is 0. The Morgan fingerprint density at radius 3 is 2.60 bits per heavy atom. The minimum absolute atomic E-state index is 0.262. The van der Waals surface area contributed by atoms with E-state index < -0.39 is 0 Å². The molecule has 3 heteroatoms. The molecule has 0 radical (unpaired) electrons. The molecule has 2 heterocycles. The third-order valence-corrected chi connectivity index (χ3v) is 2.70. The van der Waals surface area contributed by atoms with E-state index in [2.05, 4.69) is 6.19 Å². The van der Waals surface area contributed by atoms with Gasteiger partial charge in [-0.1, -0.05) is 0 Å². The molecule has 2 aliphatic heterocycles. The van der Waals surface area contributed by atoms with E-state index in [1.54, 1.807) is 0 Å². The van der Waals surface area contributed by atoms with Gasteiger partial charge >= 0.3 is 0 Å². The van der Waals surface area contributed by atoms with E-state index in [0.29, 0.717) is 12.1 Å². The first kappa shape index (κ1) is 5.99. The van der Waals surface area contributed by atoms with Crippen molar-refractivity contribution in [2.24, 2.45) is 5.73 Å². The smallest absolute Gasteiger partial charge is 0.179 e. The Balaban J connectivity index is 2.20. The Bertz CT molecular complexity index is 184. The molecule has 0 saturated carbocycles. The summed E-state index contributed by atoms with van der Waals surface area (Å²) in [6.45, 7) is 0. The van der Waals surface area contributed by atoms with Gasteiger partial charge in [-0.2, -0.15) is 5.26 Å². The summed E-state index contributed by atoms with van der Waals surface area (Å²) in [5, 5.41) is 8.68. The van der Waals surface area contributed by atoms with Crippen LogP contribution in [-0.4, -0.2) is 23.0 Å². The van der Waals surface area contributed by atoms with Gasteiger partial charge in [0.2, 0.25) is 0 Å². The Kier molecular flexibility index (Phi) is 1.12. The van der Waals surface area contributed by atoms with Crippen LogP contribution in [0, 0.1) is 11.5 Å². The van der Waals surface area contributed by atoms with Crippen LogP contribution >= 0.6 is 0 Å². The van der Waals surface area contributed by atoms with E-state index in [9.17, 15) is 0 Å². The molecule has 3 nitrogen and oxygen atoms in total. The lowest BCUT2D eigenvalue weighted by Crippen LogP contribution is -2.34. The molecule has 2 bridgehead atoms. The maximum atomic E-state index is 8.68. The van der Waals surface area contributed by atoms with Crippen molar-refractivity contribution in [3.8, 4) is 6.19 Å². The molecule has 2 fully saturated rings. The molecule has 0 amide bonds. The predicted molar refractivity (Wildman–Crippen MR) is 36.9 cm³/mol. The summed E-state index contributed by atoms with van der Waals surface area (Å²) in [6, 6.07) is 1.11. The highest BCUT2D eigenvalue weighted by Gasteiger charge is 2.44. The predicted octanol–water partition coefficient (Wildman–Crippen LogP) is 0.0315. The number of nitrogens with zero attached hydrogens (tertiary/aromatic N) is 2. The summed E-state index contributed by atoms with van der Waals surface area (Å²) < 4.78 is 0. The van der Waals surface area contributed by atoms with Crippen molar-refractivity contribution in [2.45, 2.75) is 37.4 Å². The van der Waals surface area contributed by atoms with Crippen LogP contribution < -0.4 is 5.73 Å². The van der Waals surface area contributed by atoms with E-state index in [4.69, 9.17) is 11.0 Å². The molecule has 54 valence electrons. The number of nitrogens with two attached hydrogens (primary N) is 1. The molecule has 0 aromatic heterocycles. The van der Waals surface area contributed by atoms with Crippen LogP contribution in [-0.2, 0) is 0 Å². The maximum Gasteiger partial charge on any atom is 0.179 e. The van der Waals surface area contributed by atoms with Crippen LogP contribution in [0.3, 0.4) is 0 Å². The molecule has 3 atom stereocenters. The van der Waals surface area contributed by atoms with Crippen molar-refractivity contribution < 1.29 is 0 Å². The number of nitriles is 1. The molecular formula is C7H11N3. The Hall–Kier alpha value is -0.750. The molecule has 10 heavy (non-hydrogen) atoms. The average molecular weight is 137 g/mol. The van der Waals surface area contributed by atoms with E-state index >= 15 is 0 Å². The van der Waals surface area contributed by atoms with Gasteiger partial charge in [-0.15, -0.1) is 0 Å². The summed E-state index contributed by atoms with van der Waals surface area (Å²) >= 11 is 0. The van der Waals surface area contributed by atoms with Gasteiger partial charge in [0.05, 0.1) is 6.04 Å². The first-order valence-electron chi connectivity index (χ1n) is 3.76. The van der Waals surface area contributed by atoms with Crippen LogP contribution in [0.2, 0.25) is 0 Å². The second-order valence-electron chi connectivity index (χ2n) is 3.21. The van der Waals surface area contributed by atoms with Gasteiger partial charge < -0.3 is 10.6 Å². The zero-order valence-corrected chi connectivity index (χ0v) is 5.83. The minimum Gasteiger partial charge on any atom is -0.326 e. The quantitative estimate of drug-likeness (QED) is 0.479. The first-order valence-corrected chi connectivity index (χ1v) is 3.76. The van der Waals surface area contributed by atoms with Crippen molar-refractivity contribution in [1.82, 2.24) is 4.90 Å². The zero-order valence-electron chi connectivity index (χ0n) is 5.83.